The number of nitrogens with zero attached hydrogens (tertiary/aromatic N) is 2. The lowest BCUT2D eigenvalue weighted by Crippen LogP contribution is -2.48. The summed E-state index contributed by atoms with van der Waals surface area (Å²) in [6.07, 6.45) is 3.85. The van der Waals surface area contributed by atoms with E-state index in [1.54, 1.807) is 4.31 Å². The second-order valence-corrected chi connectivity index (χ2v) is 7.63. The monoisotopic (exact) mass is 291 g/mol. The second-order valence-electron chi connectivity index (χ2n) is 5.54. The van der Waals surface area contributed by atoms with Gasteiger partial charge >= 0.3 is 0 Å². The van der Waals surface area contributed by atoms with Crippen LogP contribution in [-0.4, -0.2) is 69.7 Å². The average molecular weight is 291 g/mol. The molecule has 1 atom stereocenters. The van der Waals surface area contributed by atoms with Crippen molar-refractivity contribution in [2.75, 3.05) is 46.0 Å². The Hall–Kier alpha value is -0.170. The molecule has 1 heterocycles. The van der Waals surface area contributed by atoms with Crippen LogP contribution in [0.5, 0.6) is 0 Å². The quantitative estimate of drug-likeness (QED) is 0.670. The number of rotatable bonds is 8. The molecule has 1 rings (SSSR count). The summed E-state index contributed by atoms with van der Waals surface area (Å²) >= 11 is 0. The third-order valence-electron chi connectivity index (χ3n) is 3.67. The normalized spacial score (nSPS) is 22.0. The Labute approximate surface area is 118 Å². The van der Waals surface area contributed by atoms with Crippen molar-refractivity contribution in [2.45, 2.75) is 38.6 Å². The molecule has 1 aliphatic heterocycles. The summed E-state index contributed by atoms with van der Waals surface area (Å²) in [7, 11) is 0.976. The summed E-state index contributed by atoms with van der Waals surface area (Å²) < 4.78 is 26.2. The third-order valence-corrected chi connectivity index (χ3v) is 5.59. The average Bonchev–Trinajstić information content (AvgIpc) is 2.38. The Morgan fingerprint density at radius 3 is 2.68 bits per heavy atom. The van der Waals surface area contributed by atoms with Crippen LogP contribution in [0.25, 0.3) is 0 Å². The molecule has 6 heteroatoms. The first kappa shape index (κ1) is 16.9. The largest absolute Gasteiger partial charge is 0.317 e. The predicted octanol–water partition coefficient (Wildman–Crippen LogP) is 0.732. The number of likely N-dealkylation sites (N-methyl/N-ethyl adjacent to an activating group) is 1. The highest BCUT2D eigenvalue weighted by atomic mass is 32.2. The molecule has 0 amide bonds. The van der Waals surface area contributed by atoms with E-state index in [0.29, 0.717) is 25.6 Å². The fourth-order valence-electron chi connectivity index (χ4n) is 2.41. The molecule has 0 radical (unpaired) electrons. The summed E-state index contributed by atoms with van der Waals surface area (Å²) in [4.78, 5) is 2.13. The Morgan fingerprint density at radius 2 is 2.05 bits per heavy atom. The standard InChI is InChI=1S/C13H29N3O2S/c1-4-8-14-9-6-11-19(17,18)16-10-5-7-13(12-16)15(2)3/h13-14H,4-12H2,1-3H3. The molecule has 0 aromatic carbocycles. The SMILES string of the molecule is CCCNCCCS(=O)(=O)N1CCCC(N(C)C)C1. The van der Waals surface area contributed by atoms with Gasteiger partial charge in [-0.05, 0) is 52.9 Å². The van der Waals surface area contributed by atoms with E-state index in [2.05, 4.69) is 17.1 Å². The zero-order valence-electron chi connectivity index (χ0n) is 12.6. The van der Waals surface area contributed by atoms with Crippen LogP contribution in [0.4, 0.5) is 0 Å². The molecule has 0 aromatic rings. The number of nitrogens with one attached hydrogen (secondary N) is 1. The number of sulfonamides is 1. The van der Waals surface area contributed by atoms with Crippen molar-refractivity contribution in [2.24, 2.45) is 0 Å². The summed E-state index contributed by atoms with van der Waals surface area (Å²) in [6.45, 7) is 5.20. The predicted molar refractivity (Wildman–Crippen MR) is 79.8 cm³/mol. The van der Waals surface area contributed by atoms with E-state index < -0.39 is 10.0 Å². The molecule has 19 heavy (non-hydrogen) atoms. The first-order chi connectivity index (χ1) is 8.97. The minimum Gasteiger partial charge on any atom is -0.317 e. The van der Waals surface area contributed by atoms with Gasteiger partial charge in [0, 0.05) is 19.1 Å². The minimum absolute atomic E-state index is 0.268. The van der Waals surface area contributed by atoms with Gasteiger partial charge in [0.05, 0.1) is 5.75 Å². The molecular weight excluding hydrogens is 262 g/mol. The van der Waals surface area contributed by atoms with Gasteiger partial charge in [-0.3, -0.25) is 0 Å². The van der Waals surface area contributed by atoms with Gasteiger partial charge < -0.3 is 10.2 Å². The van der Waals surface area contributed by atoms with Crippen molar-refractivity contribution < 1.29 is 8.42 Å². The molecule has 1 unspecified atom stereocenters. The van der Waals surface area contributed by atoms with Gasteiger partial charge in [-0.25, -0.2) is 12.7 Å². The van der Waals surface area contributed by atoms with Crippen molar-refractivity contribution in [3.05, 3.63) is 0 Å². The van der Waals surface area contributed by atoms with Crippen LogP contribution in [0.2, 0.25) is 0 Å². The Balaban J connectivity index is 2.39. The maximum atomic E-state index is 12.3. The number of hydrogen-bond donors (Lipinski definition) is 1. The lowest BCUT2D eigenvalue weighted by Gasteiger charge is -2.35. The van der Waals surface area contributed by atoms with Crippen molar-refractivity contribution in [3.63, 3.8) is 0 Å². The van der Waals surface area contributed by atoms with E-state index in [9.17, 15) is 8.42 Å². The van der Waals surface area contributed by atoms with E-state index in [1.165, 1.54) is 0 Å². The lowest BCUT2D eigenvalue weighted by molar-refractivity contribution is 0.190. The van der Waals surface area contributed by atoms with Crippen LogP contribution in [0.1, 0.15) is 32.6 Å². The van der Waals surface area contributed by atoms with Crippen molar-refractivity contribution in [3.8, 4) is 0 Å². The molecule has 0 bridgehead atoms. The summed E-state index contributed by atoms with van der Waals surface area (Å²) in [5, 5.41) is 3.25. The molecule has 5 nitrogen and oxygen atoms in total. The van der Waals surface area contributed by atoms with E-state index in [1.807, 2.05) is 14.1 Å². The van der Waals surface area contributed by atoms with E-state index in [4.69, 9.17) is 0 Å². The van der Waals surface area contributed by atoms with Crippen LogP contribution >= 0.6 is 0 Å². The van der Waals surface area contributed by atoms with Gasteiger partial charge in [0.1, 0.15) is 0 Å². The Bertz CT molecular complexity index is 344. The van der Waals surface area contributed by atoms with Crippen molar-refractivity contribution in [1.82, 2.24) is 14.5 Å². The Morgan fingerprint density at radius 1 is 1.32 bits per heavy atom. The minimum atomic E-state index is -3.07. The summed E-state index contributed by atoms with van der Waals surface area (Å²) in [5.74, 6) is 0.268. The number of piperidine rings is 1. The molecule has 0 aliphatic carbocycles. The van der Waals surface area contributed by atoms with E-state index in [-0.39, 0.29) is 5.75 Å². The zero-order chi connectivity index (χ0) is 14.3. The highest BCUT2D eigenvalue weighted by molar-refractivity contribution is 7.89. The molecule has 1 fully saturated rings. The van der Waals surface area contributed by atoms with Crippen LogP contribution in [0.15, 0.2) is 0 Å². The van der Waals surface area contributed by atoms with Gasteiger partial charge in [-0.15, -0.1) is 0 Å². The van der Waals surface area contributed by atoms with Crippen molar-refractivity contribution >= 4 is 10.0 Å². The molecule has 114 valence electrons. The highest BCUT2D eigenvalue weighted by Crippen LogP contribution is 2.17. The molecule has 1 aliphatic rings. The fraction of sp³-hybridized carbons (Fsp3) is 1.00. The summed E-state index contributed by atoms with van der Waals surface area (Å²) in [6, 6.07) is 0.363. The fourth-order valence-corrected chi connectivity index (χ4v) is 3.98. The topological polar surface area (TPSA) is 52.7 Å². The van der Waals surface area contributed by atoms with Gasteiger partial charge in [-0.2, -0.15) is 0 Å². The van der Waals surface area contributed by atoms with E-state index in [0.717, 1.165) is 32.4 Å². The first-order valence-corrected chi connectivity index (χ1v) is 8.93. The molecule has 1 saturated heterocycles. The molecular formula is C13H29N3O2S. The van der Waals surface area contributed by atoms with Crippen LogP contribution < -0.4 is 5.32 Å². The van der Waals surface area contributed by atoms with Crippen molar-refractivity contribution in [1.29, 1.82) is 0 Å². The first-order valence-electron chi connectivity index (χ1n) is 7.32. The summed E-state index contributed by atoms with van der Waals surface area (Å²) in [5.41, 5.74) is 0. The smallest absolute Gasteiger partial charge is 0.214 e. The van der Waals surface area contributed by atoms with Gasteiger partial charge in [0.15, 0.2) is 0 Å². The number of hydrogen-bond acceptors (Lipinski definition) is 4. The third kappa shape index (κ3) is 5.77. The van der Waals surface area contributed by atoms with Gasteiger partial charge in [-0.1, -0.05) is 6.92 Å². The maximum absolute atomic E-state index is 12.3. The van der Waals surface area contributed by atoms with Crippen LogP contribution in [0.3, 0.4) is 0 Å². The van der Waals surface area contributed by atoms with Gasteiger partial charge in [0.25, 0.3) is 0 Å². The van der Waals surface area contributed by atoms with Crippen LogP contribution in [-0.2, 0) is 10.0 Å². The molecule has 1 N–H and O–H groups in total. The second kappa shape index (κ2) is 8.19. The molecule has 0 spiro atoms. The van der Waals surface area contributed by atoms with E-state index >= 15 is 0 Å². The van der Waals surface area contributed by atoms with Crippen LogP contribution in [0, 0.1) is 0 Å². The molecule has 0 aromatic heterocycles. The molecule has 0 saturated carbocycles. The Kier molecular flexibility index (Phi) is 7.28. The maximum Gasteiger partial charge on any atom is 0.214 e. The lowest BCUT2D eigenvalue weighted by atomic mass is 10.1. The zero-order valence-corrected chi connectivity index (χ0v) is 13.4. The van der Waals surface area contributed by atoms with Gasteiger partial charge in [0.2, 0.25) is 10.0 Å². The highest BCUT2D eigenvalue weighted by Gasteiger charge is 2.29.